The fourth-order valence-electron chi connectivity index (χ4n) is 3.53. The van der Waals surface area contributed by atoms with E-state index in [1.54, 1.807) is 0 Å². The molecule has 140 valence electrons. The van der Waals surface area contributed by atoms with Gasteiger partial charge >= 0.3 is 0 Å². The van der Waals surface area contributed by atoms with Crippen LogP contribution >= 0.6 is 11.3 Å². The van der Waals surface area contributed by atoms with Gasteiger partial charge in [-0.15, -0.1) is 11.3 Å². The molecule has 0 aromatic carbocycles. The summed E-state index contributed by atoms with van der Waals surface area (Å²) >= 11 is 1.44. The van der Waals surface area contributed by atoms with Gasteiger partial charge in [-0.25, -0.2) is 9.97 Å². The van der Waals surface area contributed by atoms with Crippen LogP contribution in [-0.2, 0) is 9.47 Å². The summed E-state index contributed by atoms with van der Waals surface area (Å²) in [6.45, 7) is 8.25. The number of hydrogen-bond donors (Lipinski definition) is 1. The van der Waals surface area contributed by atoms with Crippen molar-refractivity contribution >= 4 is 33.3 Å². The van der Waals surface area contributed by atoms with Gasteiger partial charge in [-0.3, -0.25) is 4.79 Å². The summed E-state index contributed by atoms with van der Waals surface area (Å²) in [6.07, 6.45) is 2.22. The minimum atomic E-state index is -0.0495. The molecule has 26 heavy (non-hydrogen) atoms. The predicted molar refractivity (Wildman–Crippen MR) is 101 cm³/mol. The van der Waals surface area contributed by atoms with E-state index in [0.29, 0.717) is 24.6 Å². The number of carbonyl (C=O) groups excluding carboxylic acids is 1. The Bertz CT molecular complexity index is 810. The summed E-state index contributed by atoms with van der Waals surface area (Å²) in [5, 5.41) is 4.01. The first-order valence-electron chi connectivity index (χ1n) is 9.13. The quantitative estimate of drug-likeness (QED) is 0.880. The lowest BCUT2D eigenvalue weighted by molar-refractivity contribution is 0.0860. The molecule has 0 radical (unpaired) electrons. The highest BCUT2D eigenvalue weighted by atomic mass is 32.1. The van der Waals surface area contributed by atoms with Gasteiger partial charge in [-0.1, -0.05) is 0 Å². The number of morpholine rings is 1. The smallest absolute Gasteiger partial charge is 0.261 e. The van der Waals surface area contributed by atoms with Crippen molar-refractivity contribution in [3.05, 3.63) is 16.3 Å². The Labute approximate surface area is 156 Å². The van der Waals surface area contributed by atoms with Crippen LogP contribution in [-0.4, -0.2) is 61.4 Å². The fourth-order valence-corrected chi connectivity index (χ4v) is 4.67. The Hall–Kier alpha value is -1.77. The van der Waals surface area contributed by atoms with E-state index >= 15 is 0 Å². The molecule has 2 aliphatic heterocycles. The van der Waals surface area contributed by atoms with Crippen molar-refractivity contribution in [1.82, 2.24) is 15.3 Å². The number of nitrogens with one attached hydrogen (secondary N) is 1. The van der Waals surface area contributed by atoms with Crippen LogP contribution in [0.25, 0.3) is 10.2 Å². The first-order valence-corrected chi connectivity index (χ1v) is 9.95. The second-order valence-corrected chi connectivity index (χ2v) is 7.77. The molecule has 4 heterocycles. The molecule has 1 unspecified atom stereocenters. The molecule has 7 nitrogen and oxygen atoms in total. The van der Waals surface area contributed by atoms with Gasteiger partial charge in [0.1, 0.15) is 16.5 Å². The average molecular weight is 376 g/mol. The Kier molecular flexibility index (Phi) is 5.06. The van der Waals surface area contributed by atoms with E-state index in [1.165, 1.54) is 11.3 Å². The van der Waals surface area contributed by atoms with Crippen molar-refractivity contribution in [3.63, 3.8) is 0 Å². The van der Waals surface area contributed by atoms with Crippen LogP contribution in [0.1, 0.15) is 33.9 Å². The number of ether oxygens (including phenoxy) is 2. The standard InChI is InChI=1S/C18H24N4O3S/c1-11-14-16(22-5-8-24-9-6-22)20-12(2)21-18(14)26-15(11)17(23)19-10-13-4-3-7-25-13/h13H,3-10H2,1-2H3,(H,19,23). The molecule has 2 aromatic heterocycles. The molecule has 4 rings (SSSR count). The average Bonchev–Trinajstić information content (AvgIpc) is 3.28. The Balaban J connectivity index is 1.63. The van der Waals surface area contributed by atoms with E-state index in [9.17, 15) is 4.79 Å². The number of nitrogens with zero attached hydrogens (tertiary/aromatic N) is 3. The number of carbonyl (C=O) groups is 1. The molecule has 2 saturated heterocycles. The van der Waals surface area contributed by atoms with E-state index in [4.69, 9.17) is 9.47 Å². The van der Waals surface area contributed by atoms with Crippen molar-refractivity contribution < 1.29 is 14.3 Å². The largest absolute Gasteiger partial charge is 0.378 e. The van der Waals surface area contributed by atoms with E-state index in [1.807, 2.05) is 13.8 Å². The highest BCUT2D eigenvalue weighted by Gasteiger charge is 2.24. The normalized spacial score (nSPS) is 20.7. The topological polar surface area (TPSA) is 76.6 Å². The summed E-state index contributed by atoms with van der Waals surface area (Å²) in [7, 11) is 0. The van der Waals surface area contributed by atoms with E-state index in [2.05, 4.69) is 20.2 Å². The van der Waals surface area contributed by atoms with Crippen LogP contribution in [0, 0.1) is 13.8 Å². The van der Waals surface area contributed by atoms with Gasteiger partial charge in [-0.05, 0) is 32.3 Å². The summed E-state index contributed by atoms with van der Waals surface area (Å²) < 4.78 is 11.0. The third-order valence-corrected chi connectivity index (χ3v) is 6.10. The molecule has 0 spiro atoms. The number of aromatic nitrogens is 2. The second-order valence-electron chi connectivity index (χ2n) is 6.78. The number of rotatable bonds is 4. The van der Waals surface area contributed by atoms with Gasteiger partial charge in [0.15, 0.2) is 0 Å². The lowest BCUT2D eigenvalue weighted by Gasteiger charge is -2.28. The maximum absolute atomic E-state index is 12.7. The number of thiophene rings is 1. The van der Waals surface area contributed by atoms with Crippen LogP contribution < -0.4 is 10.2 Å². The van der Waals surface area contributed by atoms with Crippen LogP contribution in [0.15, 0.2) is 0 Å². The second kappa shape index (κ2) is 7.46. The third-order valence-electron chi connectivity index (χ3n) is 4.91. The van der Waals surface area contributed by atoms with Crippen molar-refractivity contribution in [2.24, 2.45) is 0 Å². The lowest BCUT2D eigenvalue weighted by Crippen LogP contribution is -2.37. The Morgan fingerprint density at radius 2 is 2.08 bits per heavy atom. The van der Waals surface area contributed by atoms with E-state index in [-0.39, 0.29) is 12.0 Å². The Morgan fingerprint density at radius 1 is 1.27 bits per heavy atom. The van der Waals surface area contributed by atoms with Gasteiger partial charge in [0, 0.05) is 26.2 Å². The SMILES string of the molecule is Cc1nc(N2CCOCC2)c2c(C)c(C(=O)NCC3CCCO3)sc2n1. The van der Waals surface area contributed by atoms with Crippen LogP contribution in [0.3, 0.4) is 0 Å². The maximum Gasteiger partial charge on any atom is 0.261 e. The number of aryl methyl sites for hydroxylation is 2. The van der Waals surface area contributed by atoms with Crippen LogP contribution in [0.2, 0.25) is 0 Å². The van der Waals surface area contributed by atoms with Crippen molar-refractivity contribution in [3.8, 4) is 0 Å². The molecular weight excluding hydrogens is 352 g/mol. The molecule has 1 N–H and O–H groups in total. The maximum atomic E-state index is 12.7. The molecule has 0 aliphatic carbocycles. The number of anilines is 1. The van der Waals surface area contributed by atoms with E-state index < -0.39 is 0 Å². The summed E-state index contributed by atoms with van der Waals surface area (Å²) in [5.74, 6) is 1.60. The Morgan fingerprint density at radius 3 is 2.81 bits per heavy atom. The highest BCUT2D eigenvalue weighted by Crippen LogP contribution is 2.35. The molecule has 1 amide bonds. The summed E-state index contributed by atoms with van der Waals surface area (Å²) in [5.41, 5.74) is 0.955. The van der Waals surface area contributed by atoms with Gasteiger partial charge < -0.3 is 19.7 Å². The number of hydrogen-bond acceptors (Lipinski definition) is 7. The first-order chi connectivity index (χ1) is 12.6. The van der Waals surface area contributed by atoms with E-state index in [0.717, 1.165) is 60.0 Å². The number of amides is 1. The molecule has 2 aliphatic rings. The molecule has 2 fully saturated rings. The minimum absolute atomic E-state index is 0.0495. The minimum Gasteiger partial charge on any atom is -0.378 e. The molecular formula is C18H24N4O3S. The molecule has 0 bridgehead atoms. The molecule has 2 aromatic rings. The van der Waals surface area contributed by atoms with Gasteiger partial charge in [0.05, 0.1) is 29.6 Å². The number of fused-ring (bicyclic) bond motifs is 1. The molecule has 1 atom stereocenters. The highest BCUT2D eigenvalue weighted by molar-refractivity contribution is 7.20. The van der Waals surface area contributed by atoms with Gasteiger partial charge in [0.2, 0.25) is 0 Å². The van der Waals surface area contributed by atoms with Crippen molar-refractivity contribution in [2.75, 3.05) is 44.4 Å². The van der Waals surface area contributed by atoms with Crippen LogP contribution in [0.5, 0.6) is 0 Å². The van der Waals surface area contributed by atoms with Crippen molar-refractivity contribution in [2.45, 2.75) is 32.8 Å². The lowest BCUT2D eigenvalue weighted by atomic mass is 10.1. The van der Waals surface area contributed by atoms with Gasteiger partial charge in [-0.2, -0.15) is 0 Å². The van der Waals surface area contributed by atoms with Crippen molar-refractivity contribution in [1.29, 1.82) is 0 Å². The fraction of sp³-hybridized carbons (Fsp3) is 0.611. The monoisotopic (exact) mass is 376 g/mol. The van der Waals surface area contributed by atoms with Gasteiger partial charge in [0.25, 0.3) is 5.91 Å². The van der Waals surface area contributed by atoms with Crippen LogP contribution in [0.4, 0.5) is 5.82 Å². The zero-order valence-electron chi connectivity index (χ0n) is 15.2. The first kappa shape index (κ1) is 17.6. The zero-order valence-corrected chi connectivity index (χ0v) is 16.0. The molecule has 8 heteroatoms. The summed E-state index contributed by atoms with van der Waals surface area (Å²) in [6, 6.07) is 0. The summed E-state index contributed by atoms with van der Waals surface area (Å²) in [4.78, 5) is 25.8. The zero-order chi connectivity index (χ0) is 18.1. The predicted octanol–water partition coefficient (Wildman–Crippen LogP) is 2.05. The third kappa shape index (κ3) is 3.41. The molecule has 0 saturated carbocycles.